The molecule has 0 radical (unpaired) electrons. The number of hydrogen-bond donors (Lipinski definition) is 0. The van der Waals surface area contributed by atoms with Gasteiger partial charge in [0.2, 0.25) is 3.79 Å². The minimum Gasteiger partial charge on any atom is -0.496 e. The van der Waals surface area contributed by atoms with Gasteiger partial charge in [-0.1, -0.05) is 0 Å². The molecule has 0 bridgehead atoms. The van der Waals surface area contributed by atoms with Gasteiger partial charge in [-0.3, -0.25) is 4.79 Å². The number of methoxy groups -OCH3 is 1. The van der Waals surface area contributed by atoms with E-state index in [9.17, 15) is 4.79 Å². The van der Waals surface area contributed by atoms with Crippen molar-refractivity contribution < 1.29 is 9.53 Å². The normalized spacial score (nSPS) is 9.85. The lowest BCUT2D eigenvalue weighted by molar-refractivity contribution is 0.110. The molecule has 0 N–H and O–H groups in total. The zero-order valence-electron chi connectivity index (χ0n) is 7.85. The van der Waals surface area contributed by atoms with Crippen LogP contribution in [0.25, 0.3) is 0 Å². The fraction of sp³-hybridized carbons (Fsp3) is 0.300. The molecule has 0 fully saturated rings. The number of benzene rings is 1. The van der Waals surface area contributed by atoms with Gasteiger partial charge in [-0.25, -0.2) is 0 Å². The summed E-state index contributed by atoms with van der Waals surface area (Å²) in [6.07, 6.45) is 0. The molecule has 0 heterocycles. The molecule has 1 rings (SSSR count). The fourth-order valence-electron chi connectivity index (χ4n) is 1.24. The van der Waals surface area contributed by atoms with Crippen LogP contribution in [0.15, 0.2) is 12.1 Å². The number of halogens is 1. The Bertz CT molecular complexity index is 345. The summed E-state index contributed by atoms with van der Waals surface area (Å²) in [5.41, 5.74) is 2.69. The van der Waals surface area contributed by atoms with Crippen LogP contribution in [-0.4, -0.2) is 10.9 Å². The quantitative estimate of drug-likeness (QED) is 0.618. The van der Waals surface area contributed by atoms with Gasteiger partial charge in [0.25, 0.3) is 0 Å². The maximum Gasteiger partial charge on any atom is 0.222 e. The number of carbonyl (C=O) groups is 1. The summed E-state index contributed by atoms with van der Waals surface area (Å²) in [6, 6.07) is 3.81. The highest BCUT2D eigenvalue weighted by Gasteiger charge is 2.10. The molecule has 0 atom stereocenters. The third kappa shape index (κ3) is 2.21. The van der Waals surface area contributed by atoms with Crippen LogP contribution in [0.1, 0.15) is 21.5 Å². The summed E-state index contributed by atoms with van der Waals surface area (Å²) in [7, 11) is 1.61. The van der Waals surface area contributed by atoms with Crippen molar-refractivity contribution in [1.29, 1.82) is 0 Å². The van der Waals surface area contributed by atoms with Gasteiger partial charge in [0, 0.05) is 33.7 Å². The molecule has 0 saturated heterocycles. The van der Waals surface area contributed by atoms with Crippen molar-refractivity contribution in [2.45, 2.75) is 13.8 Å². The Morgan fingerprint density at radius 1 is 1.38 bits per heavy atom. The second-order valence-corrected chi connectivity index (χ2v) is 3.89. The molecule has 0 aliphatic carbocycles. The molecule has 0 aliphatic heterocycles. The molecule has 13 heavy (non-hydrogen) atoms. The standard InChI is InChI=1S/C10H11IO2/c1-6-4-8(10(11)12)7(2)9(5-6)13-3/h4-5H,1-3H3. The molecule has 0 amide bonds. The van der Waals surface area contributed by atoms with E-state index in [4.69, 9.17) is 4.74 Å². The van der Waals surface area contributed by atoms with Crippen molar-refractivity contribution in [2.75, 3.05) is 7.11 Å². The average molecular weight is 290 g/mol. The van der Waals surface area contributed by atoms with Crippen molar-refractivity contribution in [1.82, 2.24) is 0 Å². The Hall–Kier alpha value is -0.580. The predicted molar refractivity (Wildman–Crippen MR) is 60.8 cm³/mol. The highest BCUT2D eigenvalue weighted by atomic mass is 127. The summed E-state index contributed by atoms with van der Waals surface area (Å²) in [6.45, 7) is 3.84. The second kappa shape index (κ2) is 4.09. The van der Waals surface area contributed by atoms with Crippen LogP contribution >= 0.6 is 22.6 Å². The topological polar surface area (TPSA) is 26.3 Å². The van der Waals surface area contributed by atoms with Crippen LogP contribution in [0.3, 0.4) is 0 Å². The number of carbonyl (C=O) groups excluding carboxylic acids is 1. The van der Waals surface area contributed by atoms with Crippen LogP contribution in [0.4, 0.5) is 0 Å². The van der Waals surface area contributed by atoms with Gasteiger partial charge in [0.1, 0.15) is 5.75 Å². The highest BCUT2D eigenvalue weighted by molar-refractivity contribution is 14.1. The number of ether oxygens (including phenoxy) is 1. The van der Waals surface area contributed by atoms with Crippen molar-refractivity contribution in [2.24, 2.45) is 0 Å². The average Bonchev–Trinajstić information content (AvgIpc) is 2.08. The maximum atomic E-state index is 11.2. The molecule has 1 aromatic rings. The summed E-state index contributed by atoms with van der Waals surface area (Å²) in [5, 5.41) is 0. The second-order valence-electron chi connectivity index (χ2n) is 2.91. The molecule has 0 saturated carbocycles. The van der Waals surface area contributed by atoms with Gasteiger partial charge in [0.05, 0.1) is 7.11 Å². The van der Waals surface area contributed by atoms with Crippen molar-refractivity contribution in [3.8, 4) is 5.75 Å². The Labute approximate surface area is 91.4 Å². The summed E-state index contributed by atoms with van der Waals surface area (Å²) >= 11 is 1.79. The largest absolute Gasteiger partial charge is 0.496 e. The van der Waals surface area contributed by atoms with Gasteiger partial charge in [-0.15, -0.1) is 0 Å². The van der Waals surface area contributed by atoms with E-state index < -0.39 is 0 Å². The van der Waals surface area contributed by atoms with Crippen molar-refractivity contribution in [3.05, 3.63) is 28.8 Å². The zero-order valence-corrected chi connectivity index (χ0v) is 10.0. The third-order valence-electron chi connectivity index (χ3n) is 1.94. The van der Waals surface area contributed by atoms with Crippen LogP contribution in [0.2, 0.25) is 0 Å². The number of aryl methyl sites for hydroxylation is 1. The molecule has 0 spiro atoms. The highest BCUT2D eigenvalue weighted by Crippen LogP contribution is 2.25. The summed E-state index contributed by atoms with van der Waals surface area (Å²) in [4.78, 5) is 11.2. The van der Waals surface area contributed by atoms with E-state index in [2.05, 4.69) is 0 Å². The lowest BCUT2D eigenvalue weighted by Gasteiger charge is -2.08. The number of hydrogen-bond acceptors (Lipinski definition) is 2. The van der Waals surface area contributed by atoms with E-state index in [1.165, 1.54) is 0 Å². The molecule has 2 nitrogen and oxygen atoms in total. The van der Waals surface area contributed by atoms with Crippen LogP contribution < -0.4 is 4.74 Å². The minimum atomic E-state index is 0.0529. The van der Waals surface area contributed by atoms with E-state index in [0.29, 0.717) is 0 Å². The molecular weight excluding hydrogens is 279 g/mol. The van der Waals surface area contributed by atoms with Gasteiger partial charge in [-0.05, 0) is 31.5 Å². The van der Waals surface area contributed by atoms with Crippen LogP contribution in [0, 0.1) is 13.8 Å². The fourth-order valence-corrected chi connectivity index (χ4v) is 1.80. The van der Waals surface area contributed by atoms with Crippen LogP contribution in [0.5, 0.6) is 5.75 Å². The first-order chi connectivity index (χ1) is 6.06. The van der Waals surface area contributed by atoms with E-state index in [0.717, 1.165) is 22.4 Å². The van der Waals surface area contributed by atoms with Gasteiger partial charge < -0.3 is 4.74 Å². The van der Waals surface area contributed by atoms with E-state index in [1.807, 2.05) is 26.0 Å². The summed E-state index contributed by atoms with van der Waals surface area (Å²) in [5.74, 6) is 0.778. The van der Waals surface area contributed by atoms with Crippen molar-refractivity contribution >= 4 is 26.4 Å². The smallest absolute Gasteiger partial charge is 0.222 e. The van der Waals surface area contributed by atoms with Crippen LogP contribution in [-0.2, 0) is 0 Å². The minimum absolute atomic E-state index is 0.0529. The first-order valence-electron chi connectivity index (χ1n) is 3.91. The lowest BCUT2D eigenvalue weighted by Crippen LogP contribution is -1.97. The van der Waals surface area contributed by atoms with Crippen molar-refractivity contribution in [3.63, 3.8) is 0 Å². The monoisotopic (exact) mass is 290 g/mol. The zero-order chi connectivity index (χ0) is 10.0. The SMILES string of the molecule is COc1cc(C)cc(C(=O)I)c1C. The molecule has 0 unspecified atom stereocenters. The molecule has 1 aromatic carbocycles. The van der Waals surface area contributed by atoms with E-state index in [1.54, 1.807) is 29.7 Å². The molecular formula is C10H11IO2. The Kier molecular flexibility index (Phi) is 3.30. The first kappa shape index (κ1) is 10.5. The summed E-state index contributed by atoms with van der Waals surface area (Å²) < 4.78 is 5.21. The Balaban J connectivity index is 3.35. The molecule has 3 heteroatoms. The maximum absolute atomic E-state index is 11.2. The third-order valence-corrected chi connectivity index (χ3v) is 2.52. The lowest BCUT2D eigenvalue weighted by atomic mass is 10.1. The number of rotatable bonds is 2. The van der Waals surface area contributed by atoms with Gasteiger partial charge in [0.15, 0.2) is 0 Å². The Morgan fingerprint density at radius 3 is 2.46 bits per heavy atom. The first-order valence-corrected chi connectivity index (χ1v) is 4.99. The van der Waals surface area contributed by atoms with E-state index in [-0.39, 0.29) is 3.79 Å². The molecule has 0 aromatic heterocycles. The van der Waals surface area contributed by atoms with Gasteiger partial charge >= 0.3 is 0 Å². The Morgan fingerprint density at radius 2 is 2.00 bits per heavy atom. The molecule has 70 valence electrons. The molecule has 0 aliphatic rings. The van der Waals surface area contributed by atoms with E-state index >= 15 is 0 Å². The van der Waals surface area contributed by atoms with Gasteiger partial charge in [-0.2, -0.15) is 0 Å². The predicted octanol–water partition coefficient (Wildman–Crippen LogP) is 2.89.